The first-order valence-electron chi connectivity index (χ1n) is 10.8. The molecule has 1 aliphatic rings. The van der Waals surface area contributed by atoms with Crippen molar-refractivity contribution in [3.63, 3.8) is 0 Å². The molecular formula is C25H28ClNO4. The SMILES string of the molecule is CCC1CCC(C(=O)O)c2c1n(CCOCc1ccccc1)c1c(Cl)ccc(OC)c21. The fourth-order valence-corrected chi connectivity index (χ4v) is 5.13. The summed E-state index contributed by atoms with van der Waals surface area (Å²) in [5.41, 5.74) is 3.91. The highest BCUT2D eigenvalue weighted by atomic mass is 35.5. The molecule has 5 nitrogen and oxygen atoms in total. The number of ether oxygens (including phenoxy) is 2. The Bertz CT molecular complexity index is 1080. The number of halogens is 1. The average Bonchev–Trinajstić information content (AvgIpc) is 3.13. The number of carboxylic acid groups (broad SMARTS) is 1. The van der Waals surface area contributed by atoms with Crippen molar-refractivity contribution >= 4 is 28.5 Å². The van der Waals surface area contributed by atoms with E-state index in [1.165, 1.54) is 0 Å². The minimum atomic E-state index is -0.794. The maximum Gasteiger partial charge on any atom is 0.311 e. The van der Waals surface area contributed by atoms with E-state index in [1.807, 2.05) is 42.5 Å². The first-order valence-corrected chi connectivity index (χ1v) is 11.2. The van der Waals surface area contributed by atoms with Crippen molar-refractivity contribution in [3.8, 4) is 5.75 Å². The van der Waals surface area contributed by atoms with Gasteiger partial charge in [0.15, 0.2) is 0 Å². The summed E-state index contributed by atoms with van der Waals surface area (Å²) in [6, 6.07) is 13.7. The van der Waals surface area contributed by atoms with E-state index in [1.54, 1.807) is 7.11 Å². The number of hydrogen-bond acceptors (Lipinski definition) is 3. The molecule has 1 N–H and O–H groups in total. The highest BCUT2D eigenvalue weighted by Gasteiger charge is 2.37. The van der Waals surface area contributed by atoms with Crippen molar-refractivity contribution in [3.05, 3.63) is 64.3 Å². The molecule has 0 saturated heterocycles. The lowest BCUT2D eigenvalue weighted by Gasteiger charge is -2.28. The maximum atomic E-state index is 12.2. The van der Waals surface area contributed by atoms with Gasteiger partial charge in [0.1, 0.15) is 5.75 Å². The molecular weight excluding hydrogens is 414 g/mol. The van der Waals surface area contributed by atoms with E-state index in [0.29, 0.717) is 37.0 Å². The molecule has 0 radical (unpaired) electrons. The minimum Gasteiger partial charge on any atom is -0.496 e. The van der Waals surface area contributed by atoms with Crippen LogP contribution >= 0.6 is 11.6 Å². The Hall–Kier alpha value is -2.50. The Morgan fingerprint density at radius 3 is 2.65 bits per heavy atom. The van der Waals surface area contributed by atoms with Gasteiger partial charge in [-0.2, -0.15) is 0 Å². The van der Waals surface area contributed by atoms with Crippen LogP contribution in [-0.4, -0.2) is 29.4 Å². The zero-order valence-corrected chi connectivity index (χ0v) is 18.7. The number of carboxylic acids is 1. The van der Waals surface area contributed by atoms with Gasteiger partial charge in [-0.25, -0.2) is 0 Å². The summed E-state index contributed by atoms with van der Waals surface area (Å²) in [4.78, 5) is 12.2. The predicted octanol–water partition coefficient (Wildman–Crippen LogP) is 5.98. The standard InChI is InChI=1S/C25H28ClNO4/c1-3-17-9-10-18(25(28)29)21-22-20(30-2)12-11-19(26)24(22)27(23(17)21)13-14-31-15-16-7-5-4-6-8-16/h4-8,11-12,17-18H,3,9-10,13-15H2,1-2H3,(H,28,29). The second-order valence-corrected chi connectivity index (χ2v) is 8.44. The summed E-state index contributed by atoms with van der Waals surface area (Å²) in [5.74, 6) is -0.396. The van der Waals surface area contributed by atoms with E-state index >= 15 is 0 Å². The highest BCUT2D eigenvalue weighted by Crippen LogP contribution is 2.49. The number of rotatable bonds is 8. The molecule has 2 atom stereocenters. The van der Waals surface area contributed by atoms with Crippen LogP contribution in [0.3, 0.4) is 0 Å². The molecule has 2 unspecified atom stereocenters. The van der Waals surface area contributed by atoms with Gasteiger partial charge in [-0.05, 0) is 48.4 Å². The third-order valence-electron chi connectivity index (χ3n) is 6.32. The first-order chi connectivity index (χ1) is 15.1. The summed E-state index contributed by atoms with van der Waals surface area (Å²) in [6.45, 7) is 3.80. The van der Waals surface area contributed by atoms with E-state index in [-0.39, 0.29) is 5.92 Å². The Labute approximate surface area is 187 Å². The second-order valence-electron chi connectivity index (χ2n) is 8.04. The lowest BCUT2D eigenvalue weighted by atomic mass is 9.78. The predicted molar refractivity (Wildman–Crippen MR) is 122 cm³/mol. The van der Waals surface area contributed by atoms with Gasteiger partial charge in [-0.15, -0.1) is 0 Å². The van der Waals surface area contributed by atoms with E-state index in [2.05, 4.69) is 11.5 Å². The molecule has 0 fully saturated rings. The van der Waals surface area contributed by atoms with Crippen LogP contribution in [0.5, 0.6) is 5.75 Å². The highest BCUT2D eigenvalue weighted by molar-refractivity contribution is 6.35. The number of carbonyl (C=O) groups is 1. The second kappa shape index (κ2) is 9.33. The summed E-state index contributed by atoms with van der Waals surface area (Å²) < 4.78 is 13.8. The lowest BCUT2D eigenvalue weighted by molar-refractivity contribution is -0.139. The summed E-state index contributed by atoms with van der Waals surface area (Å²) >= 11 is 6.67. The normalized spacial score (nSPS) is 18.2. The first kappa shape index (κ1) is 21.7. The van der Waals surface area contributed by atoms with Crippen LogP contribution in [0, 0.1) is 0 Å². The van der Waals surface area contributed by atoms with Crippen LogP contribution in [0.15, 0.2) is 42.5 Å². The molecule has 4 rings (SSSR count). The summed E-state index contributed by atoms with van der Waals surface area (Å²) in [6.07, 6.45) is 2.42. The smallest absolute Gasteiger partial charge is 0.311 e. The van der Waals surface area contributed by atoms with Crippen molar-refractivity contribution in [2.75, 3.05) is 13.7 Å². The number of methoxy groups -OCH3 is 1. The fraction of sp³-hybridized carbons (Fsp3) is 0.400. The minimum absolute atomic E-state index is 0.285. The Morgan fingerprint density at radius 1 is 1.19 bits per heavy atom. The number of fused-ring (bicyclic) bond motifs is 3. The Morgan fingerprint density at radius 2 is 1.97 bits per heavy atom. The van der Waals surface area contributed by atoms with Crippen LogP contribution in [0.4, 0.5) is 0 Å². The topological polar surface area (TPSA) is 60.7 Å². The molecule has 0 aliphatic heterocycles. The monoisotopic (exact) mass is 441 g/mol. The number of aromatic nitrogens is 1. The van der Waals surface area contributed by atoms with Gasteiger partial charge in [0.2, 0.25) is 0 Å². The molecule has 0 spiro atoms. The molecule has 0 amide bonds. The van der Waals surface area contributed by atoms with Gasteiger partial charge in [-0.3, -0.25) is 4.79 Å². The molecule has 1 heterocycles. The quantitative estimate of drug-likeness (QED) is 0.437. The zero-order chi connectivity index (χ0) is 22.0. The van der Waals surface area contributed by atoms with Crippen LogP contribution in [0.2, 0.25) is 5.02 Å². The van der Waals surface area contributed by atoms with Crippen molar-refractivity contribution in [2.45, 2.75) is 51.2 Å². The van der Waals surface area contributed by atoms with Crippen molar-refractivity contribution in [1.82, 2.24) is 4.57 Å². The molecule has 0 bridgehead atoms. The summed E-state index contributed by atoms with van der Waals surface area (Å²) in [7, 11) is 1.62. The third kappa shape index (κ3) is 4.04. The number of aliphatic carboxylic acids is 1. The molecule has 164 valence electrons. The van der Waals surface area contributed by atoms with Gasteiger partial charge < -0.3 is 19.1 Å². The molecule has 1 aliphatic carbocycles. The van der Waals surface area contributed by atoms with Crippen LogP contribution in [0.1, 0.15) is 54.8 Å². The van der Waals surface area contributed by atoms with E-state index in [4.69, 9.17) is 21.1 Å². The molecule has 0 saturated carbocycles. The van der Waals surface area contributed by atoms with Gasteiger partial charge >= 0.3 is 5.97 Å². The molecule has 6 heteroatoms. The van der Waals surface area contributed by atoms with Gasteiger partial charge in [-0.1, -0.05) is 48.9 Å². The van der Waals surface area contributed by atoms with Gasteiger partial charge in [0.25, 0.3) is 0 Å². The number of hydrogen-bond donors (Lipinski definition) is 1. The summed E-state index contributed by atoms with van der Waals surface area (Å²) in [5, 5.41) is 11.4. The number of benzene rings is 2. The zero-order valence-electron chi connectivity index (χ0n) is 17.9. The van der Waals surface area contributed by atoms with E-state index in [9.17, 15) is 9.90 Å². The van der Waals surface area contributed by atoms with Crippen molar-refractivity contribution in [1.29, 1.82) is 0 Å². The van der Waals surface area contributed by atoms with E-state index < -0.39 is 11.9 Å². The lowest BCUT2D eigenvalue weighted by Crippen LogP contribution is -2.22. The third-order valence-corrected chi connectivity index (χ3v) is 6.62. The molecule has 2 aromatic carbocycles. The Kier molecular flexibility index (Phi) is 6.54. The van der Waals surface area contributed by atoms with Gasteiger partial charge in [0, 0.05) is 17.6 Å². The van der Waals surface area contributed by atoms with Crippen LogP contribution in [0.25, 0.3) is 10.9 Å². The van der Waals surface area contributed by atoms with E-state index in [0.717, 1.165) is 40.6 Å². The maximum absolute atomic E-state index is 12.2. The van der Waals surface area contributed by atoms with Crippen LogP contribution in [-0.2, 0) is 22.7 Å². The Balaban J connectivity index is 1.77. The number of nitrogens with zero attached hydrogens (tertiary/aromatic N) is 1. The molecule has 31 heavy (non-hydrogen) atoms. The van der Waals surface area contributed by atoms with Crippen molar-refractivity contribution in [2.24, 2.45) is 0 Å². The van der Waals surface area contributed by atoms with Crippen molar-refractivity contribution < 1.29 is 19.4 Å². The van der Waals surface area contributed by atoms with Gasteiger partial charge in [0.05, 0.1) is 36.8 Å². The molecule has 1 aromatic heterocycles. The average molecular weight is 442 g/mol. The molecule has 3 aromatic rings. The largest absolute Gasteiger partial charge is 0.496 e. The fourth-order valence-electron chi connectivity index (χ4n) is 4.87. The van der Waals surface area contributed by atoms with Crippen LogP contribution < -0.4 is 4.74 Å².